The van der Waals surface area contributed by atoms with Crippen LogP contribution in [0.1, 0.15) is 52.5 Å². The van der Waals surface area contributed by atoms with Gasteiger partial charge >= 0.3 is 6.18 Å². The minimum Gasteiger partial charge on any atom is -0.380 e. The predicted octanol–water partition coefficient (Wildman–Crippen LogP) is 5.49. The lowest BCUT2D eigenvalue weighted by Gasteiger charge is -2.31. The van der Waals surface area contributed by atoms with Gasteiger partial charge in [0, 0.05) is 28.2 Å². The van der Waals surface area contributed by atoms with Crippen molar-refractivity contribution in [3.8, 4) is 11.8 Å². The molecule has 0 bridgehead atoms. The number of benzene rings is 1. The molecule has 1 atom stereocenters. The molecule has 0 heterocycles. The third-order valence-corrected chi connectivity index (χ3v) is 3.45. The Morgan fingerprint density at radius 2 is 1.83 bits per heavy atom. The number of aliphatic hydroxyl groups is 1. The summed E-state index contributed by atoms with van der Waals surface area (Å²) in [7, 11) is 0. The number of anilines is 1. The third-order valence-electron chi connectivity index (χ3n) is 3.22. The predicted molar refractivity (Wildman–Crippen MR) is 92.1 cm³/mol. The first kappa shape index (κ1) is 20.7. The fourth-order valence-electron chi connectivity index (χ4n) is 2.08. The van der Waals surface area contributed by atoms with Crippen LogP contribution in [0.15, 0.2) is 18.2 Å². The normalized spacial score (nSPS) is 14.5. The molecule has 2 N–H and O–H groups in total. The average Bonchev–Trinajstić information content (AvgIpc) is 2.42. The van der Waals surface area contributed by atoms with Crippen LogP contribution in [-0.4, -0.2) is 16.8 Å². The van der Waals surface area contributed by atoms with Gasteiger partial charge in [-0.2, -0.15) is 13.2 Å². The molecule has 0 aliphatic heterocycles. The number of hydrogen-bond donors (Lipinski definition) is 2. The molecule has 0 fully saturated rings. The van der Waals surface area contributed by atoms with Gasteiger partial charge in [0.2, 0.25) is 5.60 Å². The first-order valence-electron chi connectivity index (χ1n) is 7.78. The summed E-state index contributed by atoms with van der Waals surface area (Å²) in [5, 5.41) is 13.5. The summed E-state index contributed by atoms with van der Waals surface area (Å²) >= 11 is 5.87. The van der Waals surface area contributed by atoms with Gasteiger partial charge < -0.3 is 10.4 Å². The van der Waals surface area contributed by atoms with E-state index in [1.807, 2.05) is 33.6 Å². The van der Waals surface area contributed by atoms with Gasteiger partial charge in [0.25, 0.3) is 0 Å². The molecule has 24 heavy (non-hydrogen) atoms. The van der Waals surface area contributed by atoms with E-state index in [0.29, 0.717) is 6.42 Å². The third kappa shape index (κ3) is 5.32. The smallest absolute Gasteiger partial charge is 0.380 e. The number of halogens is 4. The lowest BCUT2D eigenvalue weighted by Crippen LogP contribution is -2.42. The van der Waals surface area contributed by atoms with E-state index in [-0.39, 0.29) is 22.7 Å². The average molecular weight is 362 g/mol. The van der Waals surface area contributed by atoms with Crippen LogP contribution < -0.4 is 5.32 Å². The Labute approximate surface area is 146 Å². The minimum absolute atomic E-state index is 0.0995. The second-order valence-electron chi connectivity index (χ2n) is 6.68. The van der Waals surface area contributed by atoms with Gasteiger partial charge in [-0.25, -0.2) is 0 Å². The van der Waals surface area contributed by atoms with Crippen molar-refractivity contribution in [1.29, 1.82) is 0 Å². The lowest BCUT2D eigenvalue weighted by atomic mass is 9.90. The van der Waals surface area contributed by atoms with Crippen LogP contribution in [0.3, 0.4) is 0 Å². The molecule has 0 spiro atoms. The Morgan fingerprint density at radius 1 is 1.21 bits per heavy atom. The van der Waals surface area contributed by atoms with Crippen LogP contribution in [0.2, 0.25) is 5.02 Å². The van der Waals surface area contributed by atoms with Crippen molar-refractivity contribution >= 4 is 17.3 Å². The molecule has 6 heteroatoms. The molecule has 134 valence electrons. The van der Waals surface area contributed by atoms with E-state index in [2.05, 4.69) is 11.2 Å². The molecule has 1 aromatic rings. The van der Waals surface area contributed by atoms with Crippen molar-refractivity contribution in [3.05, 3.63) is 28.8 Å². The van der Waals surface area contributed by atoms with Crippen LogP contribution in [-0.2, 0) is 5.60 Å². The van der Waals surface area contributed by atoms with Crippen LogP contribution in [0.5, 0.6) is 0 Å². The zero-order valence-electron chi connectivity index (χ0n) is 14.3. The van der Waals surface area contributed by atoms with Crippen LogP contribution >= 0.6 is 11.6 Å². The summed E-state index contributed by atoms with van der Waals surface area (Å²) in [5.41, 5.74) is -4.01. The maximum Gasteiger partial charge on any atom is 0.433 e. The Hall–Kier alpha value is -1.38. The molecule has 0 radical (unpaired) electrons. The molecule has 0 amide bonds. The van der Waals surface area contributed by atoms with Crippen molar-refractivity contribution in [3.63, 3.8) is 0 Å². The van der Waals surface area contributed by atoms with Crippen molar-refractivity contribution < 1.29 is 18.3 Å². The fraction of sp³-hybridized carbons (Fsp3) is 0.556. The van der Waals surface area contributed by atoms with E-state index >= 15 is 0 Å². The maximum absolute atomic E-state index is 13.6. The maximum atomic E-state index is 13.6. The quantitative estimate of drug-likeness (QED) is 0.548. The SMILES string of the molecule is CCCCC#CC(O)(c1cc(Cl)ccc1NC(C)(C)C)C(F)(F)F. The summed E-state index contributed by atoms with van der Waals surface area (Å²) in [4.78, 5) is 0. The largest absolute Gasteiger partial charge is 0.433 e. The monoisotopic (exact) mass is 361 g/mol. The Balaban J connectivity index is 3.47. The molecule has 0 saturated carbocycles. The highest BCUT2D eigenvalue weighted by molar-refractivity contribution is 6.30. The first-order valence-corrected chi connectivity index (χ1v) is 8.16. The molecular formula is C18H23ClF3NO. The summed E-state index contributed by atoms with van der Waals surface area (Å²) in [6, 6.07) is 4.01. The van der Waals surface area contributed by atoms with Gasteiger partial charge in [0.05, 0.1) is 0 Å². The molecule has 0 aliphatic carbocycles. The Morgan fingerprint density at radius 3 is 2.33 bits per heavy atom. The highest BCUT2D eigenvalue weighted by atomic mass is 35.5. The second-order valence-corrected chi connectivity index (χ2v) is 7.11. The number of rotatable bonds is 4. The van der Waals surface area contributed by atoms with Crippen molar-refractivity contribution in [1.82, 2.24) is 0 Å². The summed E-state index contributed by atoms with van der Waals surface area (Å²) in [6.07, 6.45) is -3.18. The van der Waals surface area contributed by atoms with Crippen LogP contribution in [0.4, 0.5) is 18.9 Å². The van der Waals surface area contributed by atoms with E-state index in [9.17, 15) is 18.3 Å². The van der Waals surface area contributed by atoms with Crippen molar-refractivity contribution in [2.75, 3.05) is 5.32 Å². The van der Waals surface area contributed by atoms with Crippen LogP contribution in [0, 0.1) is 11.8 Å². The van der Waals surface area contributed by atoms with E-state index in [1.165, 1.54) is 12.1 Å². The lowest BCUT2D eigenvalue weighted by molar-refractivity contribution is -0.240. The summed E-state index contributed by atoms with van der Waals surface area (Å²) < 4.78 is 40.9. The van der Waals surface area contributed by atoms with Gasteiger partial charge in [-0.15, -0.1) is 0 Å². The number of nitrogens with one attached hydrogen (secondary N) is 1. The molecule has 0 aliphatic rings. The highest BCUT2D eigenvalue weighted by Gasteiger charge is 2.55. The zero-order valence-corrected chi connectivity index (χ0v) is 15.1. The van der Waals surface area contributed by atoms with E-state index in [0.717, 1.165) is 12.5 Å². The van der Waals surface area contributed by atoms with E-state index in [1.54, 1.807) is 0 Å². The Bertz CT molecular complexity index is 626. The number of alkyl halides is 3. The minimum atomic E-state index is -4.95. The van der Waals surface area contributed by atoms with Crippen LogP contribution in [0.25, 0.3) is 0 Å². The molecule has 0 aromatic heterocycles. The summed E-state index contributed by atoms with van der Waals surface area (Å²) in [5.74, 6) is 4.47. The van der Waals surface area contributed by atoms with Gasteiger partial charge in [0.1, 0.15) is 0 Å². The molecule has 1 rings (SSSR count). The molecule has 1 unspecified atom stereocenters. The van der Waals surface area contributed by atoms with Gasteiger partial charge in [-0.1, -0.05) is 36.8 Å². The van der Waals surface area contributed by atoms with Gasteiger partial charge in [0.15, 0.2) is 0 Å². The van der Waals surface area contributed by atoms with E-state index in [4.69, 9.17) is 11.6 Å². The molecule has 1 aromatic carbocycles. The molecule has 0 saturated heterocycles. The van der Waals surface area contributed by atoms with Gasteiger partial charge in [-0.05, 0) is 45.4 Å². The summed E-state index contributed by atoms with van der Waals surface area (Å²) in [6.45, 7) is 7.35. The first-order chi connectivity index (χ1) is 10.9. The molecule has 2 nitrogen and oxygen atoms in total. The standard InChI is InChI=1S/C18H23ClF3NO/c1-5-6-7-8-11-17(24,18(20,21)22)14-12-13(19)9-10-15(14)23-16(2,3)4/h9-10,12,23-24H,5-7H2,1-4H3. The second kappa shape index (κ2) is 7.67. The van der Waals surface area contributed by atoms with Crippen molar-refractivity contribution in [2.24, 2.45) is 0 Å². The highest BCUT2D eigenvalue weighted by Crippen LogP contribution is 2.43. The number of hydrogen-bond acceptors (Lipinski definition) is 2. The number of unbranched alkanes of at least 4 members (excludes halogenated alkanes) is 2. The van der Waals surface area contributed by atoms with Crippen molar-refractivity contribution in [2.45, 2.75) is 64.3 Å². The fourth-order valence-corrected chi connectivity index (χ4v) is 2.25. The molecular weight excluding hydrogens is 339 g/mol. The zero-order chi connectivity index (χ0) is 18.6. The Kier molecular flexibility index (Phi) is 6.60. The van der Waals surface area contributed by atoms with E-state index < -0.39 is 17.3 Å². The van der Waals surface area contributed by atoms with Gasteiger partial charge in [-0.3, -0.25) is 0 Å². The topological polar surface area (TPSA) is 32.3 Å².